The van der Waals surface area contributed by atoms with E-state index in [0.717, 1.165) is 5.56 Å². The third kappa shape index (κ3) is 2.57. The Morgan fingerprint density at radius 3 is 2.71 bits per heavy atom. The fourth-order valence-corrected chi connectivity index (χ4v) is 4.12. The average Bonchev–Trinajstić information content (AvgIpc) is 2.29. The van der Waals surface area contributed by atoms with Crippen LogP contribution >= 0.6 is 0 Å². The van der Waals surface area contributed by atoms with Crippen molar-refractivity contribution in [1.82, 2.24) is 0 Å². The minimum Gasteiger partial charge on any atom is -0.300 e. The van der Waals surface area contributed by atoms with Crippen LogP contribution in [-0.4, -0.2) is 19.5 Å². The molecule has 1 aromatic rings. The number of carbonyl (C=O) groups excluding carboxylic acids is 1. The molecule has 0 N–H and O–H groups in total. The van der Waals surface area contributed by atoms with Crippen LogP contribution in [0.15, 0.2) is 29.2 Å². The molecular formula is C13H16O3S. The molecule has 17 heavy (non-hydrogen) atoms. The van der Waals surface area contributed by atoms with Crippen molar-refractivity contribution in [1.29, 1.82) is 0 Å². The molecule has 1 atom stereocenters. The highest BCUT2D eigenvalue weighted by Gasteiger charge is 2.31. The maximum atomic E-state index is 12.3. The molecule has 0 heterocycles. The Kier molecular flexibility index (Phi) is 3.33. The van der Waals surface area contributed by atoms with Gasteiger partial charge in [0.1, 0.15) is 5.78 Å². The minimum absolute atomic E-state index is 0.0671. The van der Waals surface area contributed by atoms with Gasteiger partial charge >= 0.3 is 0 Å². The summed E-state index contributed by atoms with van der Waals surface area (Å²) in [6, 6.07) is 6.90. The first-order valence-corrected chi connectivity index (χ1v) is 7.37. The summed E-state index contributed by atoms with van der Waals surface area (Å²) in [6.45, 7) is 1.87. The Balaban J connectivity index is 2.33. The van der Waals surface area contributed by atoms with Crippen molar-refractivity contribution in [3.63, 3.8) is 0 Å². The van der Waals surface area contributed by atoms with Crippen molar-refractivity contribution < 1.29 is 13.2 Å². The zero-order valence-corrected chi connectivity index (χ0v) is 10.7. The normalized spacial score (nSPS) is 21.5. The third-order valence-electron chi connectivity index (χ3n) is 3.19. The van der Waals surface area contributed by atoms with Gasteiger partial charge in [0, 0.05) is 12.8 Å². The molecule has 0 aliphatic heterocycles. The molecule has 0 saturated heterocycles. The topological polar surface area (TPSA) is 51.2 Å². The van der Waals surface area contributed by atoms with Crippen LogP contribution in [0, 0.1) is 6.92 Å². The number of benzene rings is 1. The van der Waals surface area contributed by atoms with E-state index in [9.17, 15) is 13.2 Å². The number of ketones is 1. The van der Waals surface area contributed by atoms with Gasteiger partial charge in [0.15, 0.2) is 9.84 Å². The summed E-state index contributed by atoms with van der Waals surface area (Å²) in [5.41, 5.74) is 0.924. The summed E-state index contributed by atoms with van der Waals surface area (Å²) in [5.74, 6) is 0.0671. The lowest BCUT2D eigenvalue weighted by atomic mass is 9.99. The standard InChI is InChI=1S/C13H16O3S/c1-10-4-2-6-12(8-10)17(15,16)13-7-3-5-11(14)9-13/h2,4,6,8,13H,3,5,7,9H2,1H3. The summed E-state index contributed by atoms with van der Waals surface area (Å²) in [4.78, 5) is 11.7. The summed E-state index contributed by atoms with van der Waals surface area (Å²) in [7, 11) is -3.34. The zero-order valence-electron chi connectivity index (χ0n) is 9.85. The molecule has 2 rings (SSSR count). The van der Waals surface area contributed by atoms with E-state index in [1.165, 1.54) is 0 Å². The van der Waals surface area contributed by atoms with Gasteiger partial charge in [0.05, 0.1) is 10.1 Å². The van der Waals surface area contributed by atoms with Crippen LogP contribution in [0.5, 0.6) is 0 Å². The molecule has 1 aromatic carbocycles. The van der Waals surface area contributed by atoms with E-state index >= 15 is 0 Å². The van der Waals surface area contributed by atoms with Crippen LogP contribution in [0.4, 0.5) is 0 Å². The van der Waals surface area contributed by atoms with Crippen molar-refractivity contribution >= 4 is 15.6 Å². The van der Waals surface area contributed by atoms with Crippen LogP contribution in [0.2, 0.25) is 0 Å². The quantitative estimate of drug-likeness (QED) is 0.811. The lowest BCUT2D eigenvalue weighted by molar-refractivity contribution is -0.120. The number of Topliss-reactive ketones (excluding diaryl/α,β-unsaturated/α-hetero) is 1. The van der Waals surface area contributed by atoms with Gasteiger partial charge in [-0.25, -0.2) is 8.42 Å². The SMILES string of the molecule is Cc1cccc(S(=O)(=O)C2CCCC(=O)C2)c1. The Morgan fingerprint density at radius 2 is 2.06 bits per heavy atom. The van der Waals surface area contributed by atoms with Gasteiger partial charge in [0.25, 0.3) is 0 Å². The van der Waals surface area contributed by atoms with Crippen LogP contribution in [0.25, 0.3) is 0 Å². The monoisotopic (exact) mass is 252 g/mol. The number of rotatable bonds is 2. The van der Waals surface area contributed by atoms with Gasteiger partial charge in [-0.05, 0) is 37.5 Å². The molecule has 0 radical (unpaired) electrons. The average molecular weight is 252 g/mol. The van der Waals surface area contributed by atoms with Gasteiger partial charge in [-0.3, -0.25) is 4.79 Å². The van der Waals surface area contributed by atoms with Crippen molar-refractivity contribution in [2.45, 2.75) is 42.8 Å². The van der Waals surface area contributed by atoms with E-state index in [1.54, 1.807) is 18.2 Å². The van der Waals surface area contributed by atoms with Gasteiger partial charge < -0.3 is 0 Å². The molecule has 92 valence electrons. The van der Waals surface area contributed by atoms with Crippen molar-refractivity contribution in [3.8, 4) is 0 Å². The summed E-state index contributed by atoms with van der Waals surface area (Å²) >= 11 is 0. The van der Waals surface area contributed by atoms with E-state index in [0.29, 0.717) is 24.2 Å². The zero-order chi connectivity index (χ0) is 12.5. The molecule has 3 nitrogen and oxygen atoms in total. The molecule has 1 saturated carbocycles. The molecule has 1 aliphatic rings. The van der Waals surface area contributed by atoms with E-state index in [1.807, 2.05) is 13.0 Å². The number of aryl methyl sites for hydroxylation is 1. The summed E-state index contributed by atoms with van der Waals surface area (Å²) in [6.07, 6.45) is 1.99. The smallest absolute Gasteiger partial charge is 0.181 e. The molecule has 4 heteroatoms. The number of hydrogen-bond acceptors (Lipinski definition) is 3. The Bertz CT molecular complexity index is 531. The first-order valence-electron chi connectivity index (χ1n) is 5.82. The van der Waals surface area contributed by atoms with Crippen LogP contribution < -0.4 is 0 Å². The summed E-state index contributed by atoms with van der Waals surface area (Å²) in [5, 5.41) is -0.523. The lowest BCUT2D eigenvalue weighted by Crippen LogP contribution is -2.28. The van der Waals surface area contributed by atoms with E-state index in [2.05, 4.69) is 0 Å². The van der Waals surface area contributed by atoms with Crippen LogP contribution in [0.3, 0.4) is 0 Å². The molecule has 0 bridgehead atoms. The molecule has 0 amide bonds. The molecular weight excluding hydrogens is 236 g/mol. The second-order valence-corrected chi connectivity index (χ2v) is 6.85. The highest BCUT2D eigenvalue weighted by Crippen LogP contribution is 2.27. The second-order valence-electron chi connectivity index (χ2n) is 4.62. The van der Waals surface area contributed by atoms with Gasteiger partial charge in [-0.1, -0.05) is 12.1 Å². The summed E-state index contributed by atoms with van der Waals surface area (Å²) < 4.78 is 24.7. The minimum atomic E-state index is -3.34. The lowest BCUT2D eigenvalue weighted by Gasteiger charge is -2.21. The fraction of sp³-hybridized carbons (Fsp3) is 0.462. The van der Waals surface area contributed by atoms with Crippen molar-refractivity contribution in [2.75, 3.05) is 0 Å². The highest BCUT2D eigenvalue weighted by atomic mass is 32.2. The first-order chi connectivity index (χ1) is 8.00. The Hall–Kier alpha value is -1.16. The van der Waals surface area contributed by atoms with Gasteiger partial charge in [-0.2, -0.15) is 0 Å². The Morgan fingerprint density at radius 1 is 1.29 bits per heavy atom. The maximum absolute atomic E-state index is 12.3. The predicted octanol–water partition coefficient (Wildman–Crippen LogP) is 2.28. The predicted molar refractivity (Wildman–Crippen MR) is 65.6 cm³/mol. The van der Waals surface area contributed by atoms with Crippen LogP contribution in [-0.2, 0) is 14.6 Å². The number of hydrogen-bond donors (Lipinski definition) is 0. The highest BCUT2D eigenvalue weighted by molar-refractivity contribution is 7.92. The largest absolute Gasteiger partial charge is 0.300 e. The molecule has 0 spiro atoms. The van der Waals surface area contributed by atoms with Gasteiger partial charge in [-0.15, -0.1) is 0 Å². The van der Waals surface area contributed by atoms with Crippen LogP contribution in [0.1, 0.15) is 31.2 Å². The second kappa shape index (κ2) is 4.61. The Labute approximate surface area is 102 Å². The number of carbonyl (C=O) groups is 1. The molecule has 1 fully saturated rings. The maximum Gasteiger partial charge on any atom is 0.181 e. The van der Waals surface area contributed by atoms with Gasteiger partial charge in [0.2, 0.25) is 0 Å². The molecule has 1 aliphatic carbocycles. The fourth-order valence-electron chi connectivity index (χ4n) is 2.23. The van der Waals surface area contributed by atoms with E-state index < -0.39 is 15.1 Å². The van der Waals surface area contributed by atoms with Crippen molar-refractivity contribution in [2.24, 2.45) is 0 Å². The molecule has 0 aromatic heterocycles. The molecule has 1 unspecified atom stereocenters. The third-order valence-corrected chi connectivity index (χ3v) is 5.38. The number of sulfone groups is 1. The van der Waals surface area contributed by atoms with E-state index in [4.69, 9.17) is 0 Å². The van der Waals surface area contributed by atoms with Crippen molar-refractivity contribution in [3.05, 3.63) is 29.8 Å². The van der Waals surface area contributed by atoms with E-state index in [-0.39, 0.29) is 12.2 Å². The first kappa shape index (κ1) is 12.3.